The van der Waals surface area contributed by atoms with Crippen molar-refractivity contribution in [1.82, 2.24) is 15.8 Å². The average molecular weight is 308 g/mol. The van der Waals surface area contributed by atoms with E-state index in [2.05, 4.69) is 21.9 Å². The van der Waals surface area contributed by atoms with Gasteiger partial charge in [0.1, 0.15) is 5.69 Å². The topological polar surface area (TPSA) is 67.2 Å². The van der Waals surface area contributed by atoms with E-state index in [-0.39, 0.29) is 24.7 Å². The lowest BCUT2D eigenvalue weighted by Crippen LogP contribution is -2.30. The van der Waals surface area contributed by atoms with Gasteiger partial charge in [-0.2, -0.15) is 0 Å². The molecule has 0 fully saturated rings. The van der Waals surface area contributed by atoms with Gasteiger partial charge in [-0.25, -0.2) is 0 Å². The van der Waals surface area contributed by atoms with Gasteiger partial charge in [-0.1, -0.05) is 28.9 Å². The van der Waals surface area contributed by atoms with Crippen molar-refractivity contribution in [2.75, 3.05) is 19.6 Å². The van der Waals surface area contributed by atoms with Crippen LogP contribution < -0.4 is 10.6 Å². The molecule has 1 aliphatic heterocycles. The number of rotatable bonds is 4. The number of fused-ring (bicyclic) bond motifs is 1. The Balaban J connectivity index is 0.00000161. The summed E-state index contributed by atoms with van der Waals surface area (Å²) >= 11 is 0. The predicted octanol–water partition coefficient (Wildman–Crippen LogP) is 1.83. The van der Waals surface area contributed by atoms with E-state index in [1.54, 1.807) is 0 Å². The van der Waals surface area contributed by atoms with Gasteiger partial charge in [0.25, 0.3) is 0 Å². The molecule has 1 amide bonds. The first kappa shape index (κ1) is 15.5. The monoisotopic (exact) mass is 307 g/mol. The number of carbonyl (C=O) groups excluding carboxylic acids is 1. The van der Waals surface area contributed by atoms with Crippen LogP contribution in [-0.2, 0) is 11.2 Å². The van der Waals surface area contributed by atoms with E-state index >= 15 is 0 Å². The summed E-state index contributed by atoms with van der Waals surface area (Å²) in [5.74, 6) is -0.0246. The van der Waals surface area contributed by atoms with Gasteiger partial charge in [0, 0.05) is 18.5 Å². The number of aromatic nitrogens is 1. The van der Waals surface area contributed by atoms with Crippen LogP contribution in [0.15, 0.2) is 40.4 Å². The van der Waals surface area contributed by atoms with Crippen molar-refractivity contribution >= 4 is 29.3 Å². The molecular weight excluding hydrogens is 290 g/mol. The molecule has 6 heteroatoms. The van der Waals surface area contributed by atoms with E-state index in [4.69, 9.17) is 4.52 Å². The Labute approximate surface area is 129 Å². The SMILES string of the molecule is Cl.O=C(Cc1noc2ccccc12)NCC1=CCNCC1. The first-order chi connectivity index (χ1) is 9.83. The normalized spacial score (nSPS) is 14.4. The van der Waals surface area contributed by atoms with Crippen LogP contribution in [0.25, 0.3) is 11.0 Å². The second-order valence-electron chi connectivity index (χ2n) is 4.90. The number of para-hydroxylation sites is 1. The molecular formula is C15H18ClN3O2. The summed E-state index contributed by atoms with van der Waals surface area (Å²) in [5, 5.41) is 11.1. The van der Waals surface area contributed by atoms with Crippen LogP contribution >= 0.6 is 12.4 Å². The van der Waals surface area contributed by atoms with Gasteiger partial charge in [0.2, 0.25) is 5.91 Å². The first-order valence-corrected chi connectivity index (χ1v) is 6.81. The van der Waals surface area contributed by atoms with Crippen LogP contribution in [0.2, 0.25) is 0 Å². The highest BCUT2D eigenvalue weighted by molar-refractivity contribution is 5.86. The summed E-state index contributed by atoms with van der Waals surface area (Å²) in [6, 6.07) is 7.58. The molecule has 112 valence electrons. The lowest BCUT2D eigenvalue weighted by molar-refractivity contribution is -0.120. The molecule has 0 saturated carbocycles. The van der Waals surface area contributed by atoms with Gasteiger partial charge in [-0.3, -0.25) is 4.79 Å². The molecule has 1 aromatic heterocycles. The molecule has 0 unspecified atom stereocenters. The average Bonchev–Trinajstić information content (AvgIpc) is 2.90. The fraction of sp³-hybridized carbons (Fsp3) is 0.333. The maximum atomic E-state index is 12.0. The number of nitrogens with zero attached hydrogens (tertiary/aromatic N) is 1. The lowest BCUT2D eigenvalue weighted by Gasteiger charge is -2.14. The number of hydrogen-bond donors (Lipinski definition) is 2. The Kier molecular flexibility index (Phi) is 5.36. The molecule has 21 heavy (non-hydrogen) atoms. The summed E-state index contributed by atoms with van der Waals surface area (Å²) in [7, 11) is 0. The van der Waals surface area contributed by atoms with Crippen LogP contribution in [-0.4, -0.2) is 30.7 Å². The van der Waals surface area contributed by atoms with Crippen LogP contribution in [0.5, 0.6) is 0 Å². The Bertz CT molecular complexity index is 651. The first-order valence-electron chi connectivity index (χ1n) is 6.81. The fourth-order valence-corrected chi connectivity index (χ4v) is 2.32. The number of halogens is 1. The molecule has 3 rings (SSSR count). The zero-order valence-corrected chi connectivity index (χ0v) is 12.4. The second-order valence-corrected chi connectivity index (χ2v) is 4.90. The Morgan fingerprint density at radius 3 is 3.05 bits per heavy atom. The minimum atomic E-state index is -0.0246. The highest BCUT2D eigenvalue weighted by atomic mass is 35.5. The minimum absolute atomic E-state index is 0. The quantitative estimate of drug-likeness (QED) is 0.846. The molecule has 0 radical (unpaired) electrons. The molecule has 0 saturated heterocycles. The summed E-state index contributed by atoms with van der Waals surface area (Å²) in [6.45, 7) is 2.49. The van der Waals surface area contributed by atoms with Gasteiger partial charge < -0.3 is 15.2 Å². The minimum Gasteiger partial charge on any atom is -0.356 e. The maximum Gasteiger partial charge on any atom is 0.226 e. The summed E-state index contributed by atoms with van der Waals surface area (Å²) in [5.41, 5.74) is 2.69. The van der Waals surface area contributed by atoms with Gasteiger partial charge in [0.15, 0.2) is 5.58 Å². The summed E-state index contributed by atoms with van der Waals surface area (Å²) < 4.78 is 5.19. The predicted molar refractivity (Wildman–Crippen MR) is 83.5 cm³/mol. The van der Waals surface area contributed by atoms with E-state index in [0.717, 1.165) is 30.5 Å². The smallest absolute Gasteiger partial charge is 0.226 e. The molecule has 2 aromatic rings. The van der Waals surface area contributed by atoms with Gasteiger partial charge in [-0.15, -0.1) is 12.4 Å². The van der Waals surface area contributed by atoms with Gasteiger partial charge in [0.05, 0.1) is 6.42 Å². The third-order valence-electron chi connectivity index (χ3n) is 3.45. The van der Waals surface area contributed by atoms with Crippen molar-refractivity contribution in [2.24, 2.45) is 0 Å². The van der Waals surface area contributed by atoms with Gasteiger partial charge in [-0.05, 0) is 25.1 Å². The summed E-state index contributed by atoms with van der Waals surface area (Å²) in [6.07, 6.45) is 3.38. The molecule has 2 N–H and O–H groups in total. The van der Waals surface area contributed by atoms with Crippen molar-refractivity contribution < 1.29 is 9.32 Å². The molecule has 2 heterocycles. The standard InChI is InChI=1S/C15H17N3O2.ClH/c19-15(17-10-11-5-7-16-8-6-11)9-13-12-3-1-2-4-14(12)20-18-13;/h1-5,16H,6-10H2,(H,17,19);1H. The van der Waals surface area contributed by atoms with E-state index < -0.39 is 0 Å². The Morgan fingerprint density at radius 2 is 2.24 bits per heavy atom. The molecule has 1 aliphatic rings. The van der Waals surface area contributed by atoms with Crippen molar-refractivity contribution in [2.45, 2.75) is 12.8 Å². The zero-order chi connectivity index (χ0) is 13.8. The molecule has 0 aliphatic carbocycles. The number of carbonyl (C=O) groups is 1. The highest BCUT2D eigenvalue weighted by Gasteiger charge is 2.12. The van der Waals surface area contributed by atoms with Crippen LogP contribution in [0, 0.1) is 0 Å². The third kappa shape index (κ3) is 3.83. The number of amides is 1. The van der Waals surface area contributed by atoms with Crippen molar-refractivity contribution in [3.63, 3.8) is 0 Å². The van der Waals surface area contributed by atoms with E-state index in [1.165, 1.54) is 5.57 Å². The largest absolute Gasteiger partial charge is 0.356 e. The number of nitrogens with one attached hydrogen (secondary N) is 2. The van der Waals surface area contributed by atoms with Crippen molar-refractivity contribution in [3.05, 3.63) is 41.6 Å². The van der Waals surface area contributed by atoms with Crippen LogP contribution in [0.1, 0.15) is 12.1 Å². The summed E-state index contributed by atoms with van der Waals surface area (Å²) in [4.78, 5) is 12.0. The Hall–Kier alpha value is -1.85. The number of benzene rings is 1. The van der Waals surface area contributed by atoms with E-state index in [0.29, 0.717) is 12.2 Å². The zero-order valence-electron chi connectivity index (χ0n) is 11.6. The molecule has 0 bridgehead atoms. The maximum absolute atomic E-state index is 12.0. The van der Waals surface area contributed by atoms with E-state index in [9.17, 15) is 4.79 Å². The molecule has 0 spiro atoms. The van der Waals surface area contributed by atoms with E-state index in [1.807, 2.05) is 24.3 Å². The Morgan fingerprint density at radius 1 is 1.38 bits per heavy atom. The molecule has 5 nitrogen and oxygen atoms in total. The van der Waals surface area contributed by atoms with Crippen LogP contribution in [0.4, 0.5) is 0 Å². The van der Waals surface area contributed by atoms with Gasteiger partial charge >= 0.3 is 0 Å². The lowest BCUT2D eigenvalue weighted by atomic mass is 10.1. The van der Waals surface area contributed by atoms with Crippen molar-refractivity contribution in [1.29, 1.82) is 0 Å². The van der Waals surface area contributed by atoms with Crippen molar-refractivity contribution in [3.8, 4) is 0 Å². The highest BCUT2D eigenvalue weighted by Crippen LogP contribution is 2.17. The fourth-order valence-electron chi connectivity index (χ4n) is 2.32. The number of hydrogen-bond acceptors (Lipinski definition) is 4. The molecule has 0 atom stereocenters. The third-order valence-corrected chi connectivity index (χ3v) is 3.45. The van der Waals surface area contributed by atoms with Crippen LogP contribution in [0.3, 0.4) is 0 Å². The molecule has 1 aromatic carbocycles. The second kappa shape index (κ2) is 7.24.